The van der Waals surface area contributed by atoms with Gasteiger partial charge in [-0.05, 0) is 31.2 Å². The molecular weight excluding hydrogens is 371 g/mol. The number of ketones is 1. The number of Topliss-reactive ketones (excluding diaryl/α,β-unsaturated/α-hetero) is 1. The summed E-state index contributed by atoms with van der Waals surface area (Å²) in [7, 11) is 0. The van der Waals surface area contributed by atoms with Crippen molar-refractivity contribution < 1.29 is 27.1 Å². The lowest BCUT2D eigenvalue weighted by atomic mass is 10.1. The van der Waals surface area contributed by atoms with Crippen molar-refractivity contribution in [2.75, 3.05) is 5.75 Å². The van der Waals surface area contributed by atoms with Gasteiger partial charge in [0.1, 0.15) is 17.3 Å². The Morgan fingerprint density at radius 2 is 2.00 bits per heavy atom. The maximum Gasteiger partial charge on any atom is 0.573 e. The number of halogens is 3. The lowest BCUT2D eigenvalue weighted by Gasteiger charge is -2.09. The number of rotatable bonds is 6. The van der Waals surface area contributed by atoms with E-state index in [1.807, 2.05) is 0 Å². The van der Waals surface area contributed by atoms with Crippen molar-refractivity contribution >= 4 is 17.5 Å². The van der Waals surface area contributed by atoms with Crippen LogP contribution in [0.15, 0.2) is 46.0 Å². The highest BCUT2D eigenvalue weighted by Gasteiger charge is 2.31. The topological polar surface area (TPSA) is 81.0 Å². The molecule has 136 valence electrons. The van der Waals surface area contributed by atoms with Crippen molar-refractivity contribution in [3.63, 3.8) is 0 Å². The van der Waals surface area contributed by atoms with Crippen molar-refractivity contribution in [1.29, 1.82) is 0 Å². The van der Waals surface area contributed by atoms with Gasteiger partial charge in [-0.25, -0.2) is 0 Å². The molecule has 0 amide bonds. The fraction of sp³-hybridized carbons (Fsp3) is 0.188. The first-order valence-electron chi connectivity index (χ1n) is 7.31. The van der Waals surface area contributed by atoms with Crippen LogP contribution >= 0.6 is 11.8 Å². The van der Waals surface area contributed by atoms with Crippen molar-refractivity contribution in [1.82, 2.24) is 15.2 Å². The Morgan fingerprint density at radius 1 is 1.23 bits per heavy atom. The van der Waals surface area contributed by atoms with Gasteiger partial charge in [0.15, 0.2) is 16.7 Å². The minimum atomic E-state index is -4.76. The number of carbonyl (C=O) groups is 1. The van der Waals surface area contributed by atoms with Gasteiger partial charge in [0, 0.05) is 5.56 Å². The number of hydrogen-bond donors (Lipinski definition) is 1. The van der Waals surface area contributed by atoms with E-state index in [0.717, 1.165) is 0 Å². The molecule has 10 heteroatoms. The van der Waals surface area contributed by atoms with E-state index in [4.69, 9.17) is 4.42 Å². The number of hydrogen-bond acceptors (Lipinski definition) is 6. The summed E-state index contributed by atoms with van der Waals surface area (Å²) in [5, 5.41) is 8.30. The first kappa shape index (κ1) is 18.1. The van der Waals surface area contributed by atoms with Crippen LogP contribution in [-0.2, 0) is 4.79 Å². The predicted octanol–water partition coefficient (Wildman–Crippen LogP) is 4.31. The molecule has 0 bridgehead atoms. The number of aromatic nitrogens is 3. The lowest BCUT2D eigenvalue weighted by molar-refractivity contribution is -0.274. The molecule has 0 aliphatic heterocycles. The Bertz CT molecular complexity index is 921. The normalized spacial score (nSPS) is 11.5. The summed E-state index contributed by atoms with van der Waals surface area (Å²) in [6.45, 7) is 1.47. The second-order valence-corrected chi connectivity index (χ2v) is 6.17. The van der Waals surface area contributed by atoms with Crippen LogP contribution < -0.4 is 4.74 Å². The smallest absolute Gasteiger partial charge is 0.453 e. The molecule has 3 rings (SSSR count). The van der Waals surface area contributed by atoms with E-state index in [2.05, 4.69) is 19.9 Å². The molecule has 0 aliphatic rings. The molecule has 0 unspecified atom stereocenters. The molecule has 3 aromatic rings. The quantitative estimate of drug-likeness (QED) is 0.639. The highest BCUT2D eigenvalue weighted by atomic mass is 32.2. The van der Waals surface area contributed by atoms with Crippen LogP contribution in [-0.4, -0.2) is 33.1 Å². The fourth-order valence-electron chi connectivity index (χ4n) is 2.06. The van der Waals surface area contributed by atoms with Gasteiger partial charge in [0.05, 0.1) is 5.75 Å². The Kier molecular flexibility index (Phi) is 5.03. The number of carbonyl (C=O) groups excluding carboxylic acids is 1. The number of thioether (sulfide) groups is 1. The monoisotopic (exact) mass is 383 g/mol. The van der Waals surface area contributed by atoms with Gasteiger partial charge in [-0.1, -0.05) is 23.9 Å². The SMILES string of the molecule is CC(=O)CSc1nnc(-c2ccc(-c3cccc(OC(F)(F)F)c3)o2)[nH]1. The van der Waals surface area contributed by atoms with E-state index in [9.17, 15) is 18.0 Å². The molecule has 0 saturated heterocycles. The number of nitrogens with zero attached hydrogens (tertiary/aromatic N) is 2. The van der Waals surface area contributed by atoms with Gasteiger partial charge in [-0.3, -0.25) is 4.79 Å². The largest absolute Gasteiger partial charge is 0.573 e. The minimum absolute atomic E-state index is 0.00851. The molecule has 2 aromatic heterocycles. The van der Waals surface area contributed by atoms with Crippen LogP contribution in [0.1, 0.15) is 6.92 Å². The zero-order valence-electron chi connectivity index (χ0n) is 13.3. The molecule has 0 aliphatic carbocycles. The summed E-state index contributed by atoms with van der Waals surface area (Å²) in [4.78, 5) is 13.9. The van der Waals surface area contributed by atoms with E-state index in [-0.39, 0.29) is 17.3 Å². The van der Waals surface area contributed by atoms with Crippen molar-refractivity contribution in [2.45, 2.75) is 18.4 Å². The molecule has 0 fully saturated rings. The zero-order chi connectivity index (χ0) is 18.7. The molecule has 2 heterocycles. The van der Waals surface area contributed by atoms with E-state index in [1.54, 1.807) is 18.2 Å². The minimum Gasteiger partial charge on any atom is -0.453 e. The standard InChI is InChI=1S/C16H12F3N3O3S/c1-9(23)8-26-15-20-14(21-22-15)13-6-5-12(24-13)10-3-2-4-11(7-10)25-16(17,18)19/h2-7H,8H2,1H3,(H,20,21,22). The van der Waals surface area contributed by atoms with Gasteiger partial charge < -0.3 is 14.1 Å². The molecular formula is C16H12F3N3O3S. The third-order valence-corrected chi connectivity index (χ3v) is 4.08. The van der Waals surface area contributed by atoms with Gasteiger partial charge >= 0.3 is 6.36 Å². The number of aromatic amines is 1. The van der Waals surface area contributed by atoms with Crippen LogP contribution in [0.3, 0.4) is 0 Å². The van der Waals surface area contributed by atoms with Gasteiger partial charge in [0.25, 0.3) is 0 Å². The summed E-state index contributed by atoms with van der Waals surface area (Å²) in [6, 6.07) is 8.68. The molecule has 0 radical (unpaired) electrons. The molecule has 0 atom stereocenters. The Hall–Kier alpha value is -2.75. The molecule has 0 spiro atoms. The van der Waals surface area contributed by atoms with Gasteiger partial charge in [-0.2, -0.15) is 0 Å². The number of furan rings is 1. The van der Waals surface area contributed by atoms with Gasteiger partial charge in [0.2, 0.25) is 0 Å². The molecule has 0 saturated carbocycles. The number of H-pyrrole nitrogens is 1. The third-order valence-electron chi connectivity index (χ3n) is 3.07. The molecule has 6 nitrogen and oxygen atoms in total. The zero-order valence-corrected chi connectivity index (χ0v) is 14.1. The Morgan fingerprint density at radius 3 is 2.73 bits per heavy atom. The summed E-state index contributed by atoms with van der Waals surface area (Å²) in [6.07, 6.45) is -4.76. The summed E-state index contributed by atoms with van der Waals surface area (Å²) >= 11 is 1.21. The van der Waals surface area contributed by atoms with Crippen molar-refractivity contribution in [2.24, 2.45) is 0 Å². The summed E-state index contributed by atoms with van der Waals surface area (Å²) in [5.74, 6) is 1.00. The van der Waals surface area contributed by atoms with Crippen LogP contribution in [0.25, 0.3) is 22.9 Å². The van der Waals surface area contributed by atoms with Crippen molar-refractivity contribution in [3.05, 3.63) is 36.4 Å². The average molecular weight is 383 g/mol. The lowest BCUT2D eigenvalue weighted by Crippen LogP contribution is -2.17. The maximum atomic E-state index is 12.3. The average Bonchev–Trinajstić information content (AvgIpc) is 3.21. The highest BCUT2D eigenvalue weighted by molar-refractivity contribution is 7.99. The predicted molar refractivity (Wildman–Crippen MR) is 87.6 cm³/mol. The first-order valence-corrected chi connectivity index (χ1v) is 8.30. The third kappa shape index (κ3) is 4.66. The van der Waals surface area contributed by atoms with E-state index in [0.29, 0.717) is 28.1 Å². The molecule has 1 N–H and O–H groups in total. The van der Waals surface area contributed by atoms with E-state index < -0.39 is 6.36 Å². The highest BCUT2D eigenvalue weighted by Crippen LogP contribution is 2.31. The molecule has 26 heavy (non-hydrogen) atoms. The second kappa shape index (κ2) is 7.24. The molecule has 1 aromatic carbocycles. The van der Waals surface area contributed by atoms with Crippen LogP contribution in [0, 0.1) is 0 Å². The van der Waals surface area contributed by atoms with E-state index in [1.165, 1.54) is 36.9 Å². The van der Waals surface area contributed by atoms with Crippen LogP contribution in [0.4, 0.5) is 13.2 Å². The van der Waals surface area contributed by atoms with Crippen LogP contribution in [0.2, 0.25) is 0 Å². The second-order valence-electron chi connectivity index (χ2n) is 5.21. The summed E-state index contributed by atoms with van der Waals surface area (Å²) in [5.41, 5.74) is 0.420. The number of ether oxygens (including phenoxy) is 1. The van der Waals surface area contributed by atoms with Crippen LogP contribution in [0.5, 0.6) is 5.75 Å². The summed E-state index contributed by atoms with van der Waals surface area (Å²) < 4.78 is 46.5. The van der Waals surface area contributed by atoms with Crippen molar-refractivity contribution in [3.8, 4) is 28.7 Å². The van der Waals surface area contributed by atoms with E-state index >= 15 is 0 Å². The van der Waals surface area contributed by atoms with Gasteiger partial charge in [-0.15, -0.1) is 23.4 Å². The first-order chi connectivity index (χ1) is 12.3. The number of nitrogens with one attached hydrogen (secondary N) is 1. The fourth-order valence-corrected chi connectivity index (χ4v) is 2.67. The Labute approximate surface area is 149 Å². The number of benzene rings is 1. The maximum absolute atomic E-state index is 12.3. The Balaban J connectivity index is 1.78. The number of alkyl halides is 3.